The summed E-state index contributed by atoms with van der Waals surface area (Å²) in [5, 5.41) is 11.7. The van der Waals surface area contributed by atoms with E-state index in [2.05, 4.69) is 5.32 Å². The predicted octanol–water partition coefficient (Wildman–Crippen LogP) is 1.35. The minimum absolute atomic E-state index is 0.335. The predicted molar refractivity (Wildman–Crippen MR) is 70.9 cm³/mol. The Labute approximate surface area is 108 Å². The summed E-state index contributed by atoms with van der Waals surface area (Å²) in [6, 6.07) is 3.95. The Balaban J connectivity index is 2.64. The number of carbonyl (C=O) groups excluding carboxylic acids is 1. The summed E-state index contributed by atoms with van der Waals surface area (Å²) in [6.07, 6.45) is -0.210. The number of rotatable bonds is 5. The lowest BCUT2D eigenvalue weighted by atomic mass is 10.00. The lowest BCUT2D eigenvalue weighted by Gasteiger charge is -2.13. The Morgan fingerprint density at radius 3 is 2.61 bits per heavy atom. The largest absolute Gasteiger partial charge is 0.496 e. The fourth-order valence-electron chi connectivity index (χ4n) is 1.81. The van der Waals surface area contributed by atoms with E-state index in [1.165, 1.54) is 18.1 Å². The van der Waals surface area contributed by atoms with E-state index in [4.69, 9.17) is 9.84 Å². The second kappa shape index (κ2) is 6.40. The van der Waals surface area contributed by atoms with Gasteiger partial charge in [0.15, 0.2) is 0 Å². The molecule has 18 heavy (non-hydrogen) atoms. The van der Waals surface area contributed by atoms with Gasteiger partial charge in [-0.1, -0.05) is 6.07 Å². The van der Waals surface area contributed by atoms with E-state index in [0.717, 1.165) is 17.7 Å². The molecule has 1 atom stereocenters. The monoisotopic (exact) mass is 251 g/mol. The molecule has 1 amide bonds. The molecule has 0 fully saturated rings. The van der Waals surface area contributed by atoms with Crippen molar-refractivity contribution in [2.45, 2.75) is 33.3 Å². The zero-order chi connectivity index (χ0) is 13.7. The lowest BCUT2D eigenvalue weighted by Crippen LogP contribution is -2.33. The molecule has 100 valence electrons. The van der Waals surface area contributed by atoms with Crippen LogP contribution in [0.4, 0.5) is 0 Å². The minimum atomic E-state index is -0.955. The van der Waals surface area contributed by atoms with E-state index >= 15 is 0 Å². The van der Waals surface area contributed by atoms with Crippen LogP contribution in [-0.4, -0.2) is 30.8 Å². The van der Waals surface area contributed by atoms with E-state index in [9.17, 15) is 4.79 Å². The van der Waals surface area contributed by atoms with Crippen molar-refractivity contribution in [3.63, 3.8) is 0 Å². The number of amides is 1. The Morgan fingerprint density at radius 1 is 1.39 bits per heavy atom. The summed E-state index contributed by atoms with van der Waals surface area (Å²) in [5.74, 6) is 0.544. The smallest absolute Gasteiger partial charge is 0.248 e. The van der Waals surface area contributed by atoms with Crippen LogP contribution in [0.5, 0.6) is 5.75 Å². The topological polar surface area (TPSA) is 58.6 Å². The molecule has 1 aromatic carbocycles. The minimum Gasteiger partial charge on any atom is -0.496 e. The van der Waals surface area contributed by atoms with Crippen LogP contribution in [0.2, 0.25) is 0 Å². The molecule has 0 aliphatic carbocycles. The number of aliphatic hydroxyl groups is 1. The van der Waals surface area contributed by atoms with Gasteiger partial charge in [-0.3, -0.25) is 4.79 Å². The Hall–Kier alpha value is -1.55. The Morgan fingerprint density at radius 2 is 2.06 bits per heavy atom. The van der Waals surface area contributed by atoms with E-state index < -0.39 is 6.10 Å². The molecule has 0 aromatic heterocycles. The second-order valence-corrected chi connectivity index (χ2v) is 4.39. The molecular weight excluding hydrogens is 230 g/mol. The SMILES string of the molecule is COc1ccc(CCNC(=O)C(C)O)c(C)c1C. The summed E-state index contributed by atoms with van der Waals surface area (Å²) in [7, 11) is 1.66. The van der Waals surface area contributed by atoms with Gasteiger partial charge in [0.2, 0.25) is 5.91 Å². The first-order valence-corrected chi connectivity index (χ1v) is 6.06. The van der Waals surface area contributed by atoms with Gasteiger partial charge in [0.05, 0.1) is 7.11 Å². The third kappa shape index (κ3) is 3.47. The van der Waals surface area contributed by atoms with Crippen LogP contribution in [-0.2, 0) is 11.2 Å². The van der Waals surface area contributed by atoms with Gasteiger partial charge in [-0.25, -0.2) is 0 Å². The standard InChI is InChI=1S/C14H21NO3/c1-9-10(2)13(18-4)6-5-12(9)7-8-15-14(17)11(3)16/h5-6,11,16H,7-8H2,1-4H3,(H,15,17). The first-order chi connectivity index (χ1) is 8.47. The highest BCUT2D eigenvalue weighted by Crippen LogP contribution is 2.23. The average Bonchev–Trinajstić information content (AvgIpc) is 2.34. The van der Waals surface area contributed by atoms with Crippen LogP contribution in [0.15, 0.2) is 12.1 Å². The molecule has 0 saturated heterocycles. The summed E-state index contributed by atoms with van der Waals surface area (Å²) in [6.45, 7) is 6.05. The van der Waals surface area contributed by atoms with Crippen molar-refractivity contribution < 1.29 is 14.6 Å². The highest BCUT2D eigenvalue weighted by molar-refractivity contribution is 5.79. The maximum Gasteiger partial charge on any atom is 0.248 e. The van der Waals surface area contributed by atoms with Gasteiger partial charge in [0.25, 0.3) is 0 Å². The molecule has 0 saturated carbocycles. The van der Waals surface area contributed by atoms with Crippen LogP contribution in [0.25, 0.3) is 0 Å². The number of hydrogen-bond acceptors (Lipinski definition) is 3. The summed E-state index contributed by atoms with van der Waals surface area (Å²) in [5.41, 5.74) is 3.48. The first kappa shape index (κ1) is 14.5. The van der Waals surface area contributed by atoms with Crippen LogP contribution in [0.1, 0.15) is 23.6 Å². The first-order valence-electron chi connectivity index (χ1n) is 6.06. The van der Waals surface area contributed by atoms with Crippen molar-refractivity contribution >= 4 is 5.91 Å². The number of carbonyl (C=O) groups is 1. The third-order valence-corrected chi connectivity index (χ3v) is 3.14. The fourth-order valence-corrected chi connectivity index (χ4v) is 1.81. The van der Waals surface area contributed by atoms with Gasteiger partial charge < -0.3 is 15.2 Å². The molecule has 4 heteroatoms. The van der Waals surface area contributed by atoms with Crippen molar-refractivity contribution in [2.75, 3.05) is 13.7 Å². The van der Waals surface area contributed by atoms with Crippen molar-refractivity contribution in [2.24, 2.45) is 0 Å². The third-order valence-electron chi connectivity index (χ3n) is 3.14. The quantitative estimate of drug-likeness (QED) is 0.830. The number of aliphatic hydroxyl groups excluding tert-OH is 1. The van der Waals surface area contributed by atoms with E-state index in [0.29, 0.717) is 6.54 Å². The van der Waals surface area contributed by atoms with Crippen molar-refractivity contribution in [1.82, 2.24) is 5.32 Å². The van der Waals surface area contributed by atoms with Crippen LogP contribution < -0.4 is 10.1 Å². The Bertz CT molecular complexity index is 427. The normalized spacial score (nSPS) is 12.1. The molecule has 0 bridgehead atoms. The highest BCUT2D eigenvalue weighted by atomic mass is 16.5. The van der Waals surface area contributed by atoms with Gasteiger partial charge in [-0.05, 0) is 49.9 Å². The molecule has 0 aliphatic heterocycles. The molecule has 4 nitrogen and oxygen atoms in total. The van der Waals surface area contributed by atoms with Gasteiger partial charge in [-0.15, -0.1) is 0 Å². The number of ether oxygens (including phenoxy) is 1. The fraction of sp³-hybridized carbons (Fsp3) is 0.500. The van der Waals surface area contributed by atoms with Gasteiger partial charge in [-0.2, -0.15) is 0 Å². The number of hydrogen-bond donors (Lipinski definition) is 2. The maximum absolute atomic E-state index is 11.2. The molecule has 1 unspecified atom stereocenters. The van der Waals surface area contributed by atoms with Crippen LogP contribution >= 0.6 is 0 Å². The van der Waals surface area contributed by atoms with Gasteiger partial charge in [0, 0.05) is 6.54 Å². The molecule has 0 spiro atoms. The summed E-state index contributed by atoms with van der Waals surface area (Å²) in [4.78, 5) is 11.2. The number of methoxy groups -OCH3 is 1. The lowest BCUT2D eigenvalue weighted by molar-refractivity contribution is -0.128. The van der Waals surface area contributed by atoms with Gasteiger partial charge in [0.1, 0.15) is 11.9 Å². The van der Waals surface area contributed by atoms with Crippen LogP contribution in [0.3, 0.4) is 0 Å². The summed E-state index contributed by atoms with van der Waals surface area (Å²) < 4.78 is 5.25. The Kier molecular flexibility index (Phi) is 5.16. The molecule has 1 aromatic rings. The van der Waals surface area contributed by atoms with E-state index in [1.54, 1.807) is 7.11 Å². The van der Waals surface area contributed by atoms with E-state index in [1.807, 2.05) is 26.0 Å². The molecule has 2 N–H and O–H groups in total. The molecule has 0 aliphatic rings. The number of benzene rings is 1. The zero-order valence-electron chi connectivity index (χ0n) is 11.4. The molecule has 0 heterocycles. The number of nitrogens with one attached hydrogen (secondary N) is 1. The van der Waals surface area contributed by atoms with Crippen LogP contribution in [0, 0.1) is 13.8 Å². The van der Waals surface area contributed by atoms with Crippen molar-refractivity contribution in [3.05, 3.63) is 28.8 Å². The summed E-state index contributed by atoms with van der Waals surface area (Å²) >= 11 is 0. The zero-order valence-corrected chi connectivity index (χ0v) is 11.4. The highest BCUT2D eigenvalue weighted by Gasteiger charge is 2.09. The molecule has 0 radical (unpaired) electrons. The van der Waals surface area contributed by atoms with Gasteiger partial charge >= 0.3 is 0 Å². The second-order valence-electron chi connectivity index (χ2n) is 4.39. The molecule has 1 rings (SSSR count). The maximum atomic E-state index is 11.2. The average molecular weight is 251 g/mol. The van der Waals surface area contributed by atoms with E-state index in [-0.39, 0.29) is 5.91 Å². The molecular formula is C14H21NO3. The van der Waals surface area contributed by atoms with Crippen molar-refractivity contribution in [1.29, 1.82) is 0 Å². The van der Waals surface area contributed by atoms with Crippen molar-refractivity contribution in [3.8, 4) is 5.75 Å².